The Morgan fingerprint density at radius 2 is 2.07 bits per heavy atom. The second-order valence-electron chi connectivity index (χ2n) is 2.84. The van der Waals surface area contributed by atoms with Gasteiger partial charge in [0.1, 0.15) is 6.61 Å². The van der Waals surface area contributed by atoms with Crippen molar-refractivity contribution < 1.29 is 13.9 Å². The maximum Gasteiger partial charge on any atom is 0.167 e. The van der Waals surface area contributed by atoms with Gasteiger partial charge in [0.15, 0.2) is 11.6 Å². The standard InChI is InChI=1S/C10H13ClFNO2/c11-3-4-14-5-6-15-10-2-1-8(13)7-9(10)12/h1-2,7H,3-6,13H2. The highest BCUT2D eigenvalue weighted by molar-refractivity contribution is 6.17. The molecule has 1 aromatic carbocycles. The van der Waals surface area contributed by atoms with E-state index in [1.54, 1.807) is 6.07 Å². The van der Waals surface area contributed by atoms with E-state index in [2.05, 4.69) is 0 Å². The van der Waals surface area contributed by atoms with E-state index in [1.165, 1.54) is 12.1 Å². The van der Waals surface area contributed by atoms with Crippen LogP contribution in [0.3, 0.4) is 0 Å². The van der Waals surface area contributed by atoms with Crippen LogP contribution in [0, 0.1) is 5.82 Å². The normalized spacial score (nSPS) is 10.3. The molecule has 0 saturated carbocycles. The molecule has 0 saturated heterocycles. The first-order chi connectivity index (χ1) is 7.24. The molecule has 0 amide bonds. The summed E-state index contributed by atoms with van der Waals surface area (Å²) in [6, 6.07) is 4.29. The Hall–Kier alpha value is -1.00. The first-order valence-electron chi connectivity index (χ1n) is 4.55. The van der Waals surface area contributed by atoms with E-state index >= 15 is 0 Å². The minimum absolute atomic E-state index is 0.179. The van der Waals surface area contributed by atoms with Gasteiger partial charge in [-0.15, -0.1) is 11.6 Å². The molecule has 0 spiro atoms. The number of hydrogen-bond donors (Lipinski definition) is 1. The molecule has 2 N–H and O–H groups in total. The quantitative estimate of drug-likeness (QED) is 0.465. The lowest BCUT2D eigenvalue weighted by molar-refractivity contribution is 0.110. The predicted molar refractivity (Wildman–Crippen MR) is 57.8 cm³/mol. The third kappa shape index (κ3) is 4.36. The molecule has 0 bridgehead atoms. The summed E-state index contributed by atoms with van der Waals surface area (Å²) in [5.41, 5.74) is 5.76. The molecular weight excluding hydrogens is 221 g/mol. The van der Waals surface area contributed by atoms with Crippen LogP contribution in [-0.4, -0.2) is 25.7 Å². The minimum atomic E-state index is -0.465. The van der Waals surface area contributed by atoms with Gasteiger partial charge in [-0.25, -0.2) is 4.39 Å². The van der Waals surface area contributed by atoms with Crippen LogP contribution in [0.1, 0.15) is 0 Å². The first-order valence-corrected chi connectivity index (χ1v) is 5.09. The number of alkyl halides is 1. The van der Waals surface area contributed by atoms with Gasteiger partial charge in [0.2, 0.25) is 0 Å². The summed E-state index contributed by atoms with van der Waals surface area (Å²) < 4.78 is 23.4. The van der Waals surface area contributed by atoms with Crippen LogP contribution < -0.4 is 10.5 Å². The summed E-state index contributed by atoms with van der Waals surface area (Å²) in [6.07, 6.45) is 0. The summed E-state index contributed by atoms with van der Waals surface area (Å²) in [6.45, 7) is 1.14. The number of nitrogens with two attached hydrogens (primary N) is 1. The number of halogens is 2. The molecule has 15 heavy (non-hydrogen) atoms. The number of rotatable bonds is 6. The number of ether oxygens (including phenoxy) is 2. The van der Waals surface area contributed by atoms with Crippen LogP contribution in [0.25, 0.3) is 0 Å². The van der Waals surface area contributed by atoms with E-state index in [0.29, 0.717) is 24.8 Å². The molecular formula is C10H13ClFNO2. The van der Waals surface area contributed by atoms with Gasteiger partial charge in [-0.05, 0) is 12.1 Å². The molecule has 0 heterocycles. The van der Waals surface area contributed by atoms with Crippen molar-refractivity contribution in [3.05, 3.63) is 24.0 Å². The predicted octanol–water partition coefficient (Wildman–Crippen LogP) is 2.04. The van der Waals surface area contributed by atoms with Crippen molar-refractivity contribution in [3.8, 4) is 5.75 Å². The lowest BCUT2D eigenvalue weighted by Gasteiger charge is -2.07. The van der Waals surface area contributed by atoms with E-state index in [9.17, 15) is 4.39 Å². The van der Waals surface area contributed by atoms with Gasteiger partial charge in [0.05, 0.1) is 13.2 Å². The smallest absolute Gasteiger partial charge is 0.167 e. The van der Waals surface area contributed by atoms with Crippen molar-refractivity contribution in [2.45, 2.75) is 0 Å². The molecule has 0 radical (unpaired) electrons. The summed E-state index contributed by atoms with van der Waals surface area (Å²) in [5.74, 6) is 0.155. The first kappa shape index (κ1) is 12.1. The van der Waals surface area contributed by atoms with E-state index in [-0.39, 0.29) is 12.4 Å². The zero-order chi connectivity index (χ0) is 11.1. The van der Waals surface area contributed by atoms with Gasteiger partial charge in [-0.1, -0.05) is 0 Å². The summed E-state index contributed by atoms with van der Waals surface area (Å²) >= 11 is 5.40. The Kier molecular flexibility index (Phi) is 5.21. The summed E-state index contributed by atoms with van der Waals surface area (Å²) in [5, 5.41) is 0. The fourth-order valence-electron chi connectivity index (χ4n) is 1.00. The largest absolute Gasteiger partial charge is 0.488 e. The zero-order valence-corrected chi connectivity index (χ0v) is 8.97. The van der Waals surface area contributed by atoms with E-state index in [4.69, 9.17) is 26.8 Å². The summed E-state index contributed by atoms with van der Waals surface area (Å²) in [7, 11) is 0. The Morgan fingerprint density at radius 3 is 2.73 bits per heavy atom. The molecule has 0 aliphatic heterocycles. The van der Waals surface area contributed by atoms with E-state index < -0.39 is 5.82 Å². The molecule has 0 aliphatic rings. The van der Waals surface area contributed by atoms with E-state index in [0.717, 1.165) is 0 Å². The highest BCUT2D eigenvalue weighted by Gasteiger charge is 2.02. The second-order valence-corrected chi connectivity index (χ2v) is 3.22. The molecule has 1 rings (SSSR count). The van der Waals surface area contributed by atoms with Crippen molar-refractivity contribution in [2.75, 3.05) is 31.4 Å². The third-order valence-electron chi connectivity index (χ3n) is 1.66. The van der Waals surface area contributed by atoms with Gasteiger partial charge in [-0.2, -0.15) is 0 Å². The molecule has 1 aromatic rings. The van der Waals surface area contributed by atoms with Gasteiger partial charge in [0.25, 0.3) is 0 Å². The summed E-state index contributed by atoms with van der Waals surface area (Å²) in [4.78, 5) is 0. The van der Waals surface area contributed by atoms with Crippen molar-refractivity contribution in [2.24, 2.45) is 0 Å². The van der Waals surface area contributed by atoms with Crippen molar-refractivity contribution >= 4 is 17.3 Å². The number of benzene rings is 1. The lowest BCUT2D eigenvalue weighted by atomic mass is 10.3. The van der Waals surface area contributed by atoms with Crippen LogP contribution in [0.2, 0.25) is 0 Å². The number of hydrogen-bond acceptors (Lipinski definition) is 3. The van der Waals surface area contributed by atoms with Gasteiger partial charge >= 0.3 is 0 Å². The molecule has 84 valence electrons. The Balaban J connectivity index is 2.31. The molecule has 0 unspecified atom stereocenters. The third-order valence-corrected chi connectivity index (χ3v) is 1.82. The van der Waals surface area contributed by atoms with Crippen molar-refractivity contribution in [1.29, 1.82) is 0 Å². The SMILES string of the molecule is Nc1ccc(OCCOCCCl)c(F)c1. The highest BCUT2D eigenvalue weighted by atomic mass is 35.5. The van der Waals surface area contributed by atoms with Crippen LogP contribution >= 0.6 is 11.6 Å². The highest BCUT2D eigenvalue weighted by Crippen LogP contribution is 2.18. The Morgan fingerprint density at radius 1 is 1.27 bits per heavy atom. The van der Waals surface area contributed by atoms with Crippen LogP contribution in [-0.2, 0) is 4.74 Å². The average molecular weight is 234 g/mol. The van der Waals surface area contributed by atoms with Gasteiger partial charge < -0.3 is 15.2 Å². The van der Waals surface area contributed by atoms with Crippen molar-refractivity contribution in [3.63, 3.8) is 0 Å². The fraction of sp³-hybridized carbons (Fsp3) is 0.400. The minimum Gasteiger partial charge on any atom is -0.488 e. The maximum absolute atomic E-state index is 13.2. The molecule has 3 nitrogen and oxygen atoms in total. The fourth-order valence-corrected chi connectivity index (χ4v) is 1.11. The maximum atomic E-state index is 13.2. The molecule has 0 fully saturated rings. The Bertz CT molecular complexity index is 309. The van der Waals surface area contributed by atoms with Crippen LogP contribution in [0.5, 0.6) is 5.75 Å². The molecule has 5 heteroatoms. The molecule has 0 aliphatic carbocycles. The zero-order valence-electron chi connectivity index (χ0n) is 8.21. The topological polar surface area (TPSA) is 44.5 Å². The molecule has 0 atom stereocenters. The van der Waals surface area contributed by atoms with E-state index in [1.807, 2.05) is 0 Å². The second kappa shape index (κ2) is 6.48. The Labute approximate surface area is 92.9 Å². The lowest BCUT2D eigenvalue weighted by Crippen LogP contribution is -2.08. The number of anilines is 1. The van der Waals surface area contributed by atoms with Gasteiger partial charge in [0, 0.05) is 17.6 Å². The van der Waals surface area contributed by atoms with Gasteiger partial charge in [-0.3, -0.25) is 0 Å². The number of nitrogen functional groups attached to an aromatic ring is 1. The monoisotopic (exact) mass is 233 g/mol. The van der Waals surface area contributed by atoms with Crippen LogP contribution in [0.15, 0.2) is 18.2 Å². The van der Waals surface area contributed by atoms with Crippen LogP contribution in [0.4, 0.5) is 10.1 Å². The average Bonchev–Trinajstić information content (AvgIpc) is 2.20. The molecule has 0 aromatic heterocycles. The van der Waals surface area contributed by atoms with Crippen molar-refractivity contribution in [1.82, 2.24) is 0 Å².